The number of nitrogens with one attached hydrogen (secondary N) is 2. The van der Waals surface area contributed by atoms with E-state index in [-0.39, 0.29) is 5.56 Å². The fourth-order valence-electron chi connectivity index (χ4n) is 1.31. The van der Waals surface area contributed by atoms with Crippen molar-refractivity contribution in [2.75, 3.05) is 5.32 Å². The number of hydrogen-bond donors (Lipinski definition) is 2. The first-order valence-corrected chi connectivity index (χ1v) is 5.91. The van der Waals surface area contributed by atoms with Gasteiger partial charge in [-0.25, -0.2) is 5.10 Å². The van der Waals surface area contributed by atoms with Gasteiger partial charge < -0.3 is 5.32 Å². The Balaban J connectivity index is 2.25. The molecule has 0 aromatic carbocycles. The molecule has 0 amide bonds. The molecule has 0 atom stereocenters. The molecule has 90 valence electrons. The van der Waals surface area contributed by atoms with Crippen LogP contribution in [-0.2, 0) is 0 Å². The Labute approximate surface area is 106 Å². The van der Waals surface area contributed by atoms with Crippen LogP contribution < -0.4 is 10.9 Å². The number of H-pyrrole nitrogens is 1. The van der Waals surface area contributed by atoms with Gasteiger partial charge in [-0.3, -0.25) is 9.48 Å². The standard InChI is InChI=1S/C10H12BrN5O/c1-6(2)16-5-7(3-13-16)14-8-4-12-15-10(17)9(8)11/h3-6H,1-2H3,(H2,14,15,17). The molecule has 0 unspecified atom stereocenters. The molecule has 0 aliphatic rings. The summed E-state index contributed by atoms with van der Waals surface area (Å²) in [5.74, 6) is 0. The van der Waals surface area contributed by atoms with Crippen LogP contribution in [0.3, 0.4) is 0 Å². The molecule has 6 nitrogen and oxygen atoms in total. The van der Waals surface area contributed by atoms with E-state index < -0.39 is 0 Å². The molecule has 0 spiro atoms. The Kier molecular flexibility index (Phi) is 3.28. The van der Waals surface area contributed by atoms with Crippen molar-refractivity contribution >= 4 is 27.3 Å². The van der Waals surface area contributed by atoms with Crippen LogP contribution in [0.2, 0.25) is 0 Å². The molecule has 0 aliphatic carbocycles. The van der Waals surface area contributed by atoms with E-state index in [1.54, 1.807) is 6.20 Å². The number of hydrogen-bond acceptors (Lipinski definition) is 4. The van der Waals surface area contributed by atoms with E-state index in [0.29, 0.717) is 16.2 Å². The second kappa shape index (κ2) is 4.70. The van der Waals surface area contributed by atoms with Gasteiger partial charge in [-0.05, 0) is 29.8 Å². The summed E-state index contributed by atoms with van der Waals surface area (Å²) >= 11 is 3.20. The summed E-state index contributed by atoms with van der Waals surface area (Å²) < 4.78 is 2.25. The summed E-state index contributed by atoms with van der Waals surface area (Å²) in [6.45, 7) is 4.09. The van der Waals surface area contributed by atoms with Gasteiger partial charge in [0.1, 0.15) is 4.47 Å². The monoisotopic (exact) mass is 297 g/mol. The van der Waals surface area contributed by atoms with Gasteiger partial charge in [0, 0.05) is 12.2 Å². The zero-order valence-electron chi connectivity index (χ0n) is 9.44. The van der Waals surface area contributed by atoms with Crippen LogP contribution >= 0.6 is 15.9 Å². The smallest absolute Gasteiger partial charge is 0.280 e. The van der Waals surface area contributed by atoms with E-state index in [1.165, 1.54) is 6.20 Å². The Morgan fingerprint density at radius 2 is 2.24 bits per heavy atom. The summed E-state index contributed by atoms with van der Waals surface area (Å²) in [6.07, 6.45) is 5.12. The number of nitrogens with zero attached hydrogens (tertiary/aromatic N) is 3. The molecule has 2 aromatic heterocycles. The molecule has 7 heteroatoms. The zero-order chi connectivity index (χ0) is 12.4. The largest absolute Gasteiger partial charge is 0.351 e. The molecule has 2 rings (SSSR count). The van der Waals surface area contributed by atoms with Gasteiger partial charge >= 0.3 is 0 Å². The van der Waals surface area contributed by atoms with Crippen LogP contribution in [0.1, 0.15) is 19.9 Å². The molecule has 0 aliphatic heterocycles. The van der Waals surface area contributed by atoms with E-state index in [4.69, 9.17) is 0 Å². The minimum atomic E-state index is -0.272. The highest BCUT2D eigenvalue weighted by atomic mass is 79.9. The fourth-order valence-corrected chi connectivity index (χ4v) is 1.60. The summed E-state index contributed by atoms with van der Waals surface area (Å²) in [5.41, 5.74) is 1.15. The van der Waals surface area contributed by atoms with Crippen molar-refractivity contribution in [3.63, 3.8) is 0 Å². The highest BCUT2D eigenvalue weighted by molar-refractivity contribution is 9.10. The van der Waals surface area contributed by atoms with Crippen LogP contribution in [0.15, 0.2) is 27.9 Å². The van der Waals surface area contributed by atoms with Gasteiger partial charge in [0.2, 0.25) is 0 Å². The molecule has 0 saturated heterocycles. The second-order valence-electron chi connectivity index (χ2n) is 3.85. The third kappa shape index (κ3) is 2.55. The molecule has 2 heterocycles. The Morgan fingerprint density at radius 3 is 2.88 bits per heavy atom. The minimum Gasteiger partial charge on any atom is -0.351 e. The Hall–Kier alpha value is -1.63. The SMILES string of the molecule is CC(C)n1cc(Nc2cn[nH]c(=O)c2Br)cn1. The van der Waals surface area contributed by atoms with Gasteiger partial charge in [0.25, 0.3) is 5.56 Å². The summed E-state index contributed by atoms with van der Waals surface area (Å²) in [5, 5.41) is 13.3. The van der Waals surface area contributed by atoms with Crippen molar-refractivity contribution in [1.29, 1.82) is 0 Å². The van der Waals surface area contributed by atoms with E-state index >= 15 is 0 Å². The van der Waals surface area contributed by atoms with Crippen molar-refractivity contribution in [3.05, 3.63) is 33.4 Å². The molecular formula is C10H12BrN5O. The van der Waals surface area contributed by atoms with E-state index in [9.17, 15) is 4.79 Å². The minimum absolute atomic E-state index is 0.272. The van der Waals surface area contributed by atoms with Crippen molar-refractivity contribution in [1.82, 2.24) is 20.0 Å². The first kappa shape index (κ1) is 11.8. The van der Waals surface area contributed by atoms with Crippen LogP contribution in [0.25, 0.3) is 0 Å². The number of aromatic nitrogens is 4. The topological polar surface area (TPSA) is 75.6 Å². The Bertz CT molecular complexity index is 574. The third-order valence-electron chi connectivity index (χ3n) is 2.21. The average molecular weight is 298 g/mol. The molecule has 0 fully saturated rings. The van der Waals surface area contributed by atoms with Crippen molar-refractivity contribution in [3.8, 4) is 0 Å². The molecule has 2 aromatic rings. The summed E-state index contributed by atoms with van der Waals surface area (Å²) in [7, 11) is 0. The van der Waals surface area contributed by atoms with E-state index in [2.05, 4.69) is 36.5 Å². The van der Waals surface area contributed by atoms with Crippen LogP contribution in [0, 0.1) is 0 Å². The maximum Gasteiger partial charge on any atom is 0.280 e. The lowest BCUT2D eigenvalue weighted by Gasteiger charge is -2.05. The number of halogens is 1. The van der Waals surface area contributed by atoms with Crippen LogP contribution in [0.5, 0.6) is 0 Å². The first-order valence-electron chi connectivity index (χ1n) is 5.12. The normalized spacial score (nSPS) is 10.8. The lowest BCUT2D eigenvalue weighted by Crippen LogP contribution is -2.10. The number of rotatable bonds is 3. The molecule has 2 N–H and O–H groups in total. The van der Waals surface area contributed by atoms with Crippen LogP contribution in [0.4, 0.5) is 11.4 Å². The van der Waals surface area contributed by atoms with E-state index in [0.717, 1.165) is 5.69 Å². The highest BCUT2D eigenvalue weighted by Crippen LogP contribution is 2.21. The maximum absolute atomic E-state index is 11.3. The quantitative estimate of drug-likeness (QED) is 0.909. The van der Waals surface area contributed by atoms with Gasteiger partial charge in [-0.1, -0.05) is 0 Å². The fraction of sp³-hybridized carbons (Fsp3) is 0.300. The predicted octanol–water partition coefficient (Wildman–Crippen LogP) is 2.05. The molecule has 17 heavy (non-hydrogen) atoms. The average Bonchev–Trinajstić information content (AvgIpc) is 2.73. The van der Waals surface area contributed by atoms with Gasteiger partial charge in [-0.15, -0.1) is 0 Å². The van der Waals surface area contributed by atoms with Gasteiger partial charge in [0.15, 0.2) is 0 Å². The van der Waals surface area contributed by atoms with Gasteiger partial charge in [0.05, 0.1) is 23.8 Å². The lowest BCUT2D eigenvalue weighted by molar-refractivity contribution is 0.532. The predicted molar refractivity (Wildman–Crippen MR) is 68.5 cm³/mol. The Morgan fingerprint density at radius 1 is 1.47 bits per heavy atom. The number of anilines is 2. The molecular weight excluding hydrogens is 286 g/mol. The highest BCUT2D eigenvalue weighted by Gasteiger charge is 2.06. The zero-order valence-corrected chi connectivity index (χ0v) is 11.0. The first-order chi connectivity index (χ1) is 8.08. The van der Waals surface area contributed by atoms with E-state index in [1.807, 2.05) is 24.7 Å². The van der Waals surface area contributed by atoms with Crippen molar-refractivity contribution in [2.45, 2.75) is 19.9 Å². The number of aromatic amines is 1. The van der Waals surface area contributed by atoms with Crippen molar-refractivity contribution < 1.29 is 0 Å². The molecule has 0 radical (unpaired) electrons. The lowest BCUT2D eigenvalue weighted by atomic mass is 10.4. The second-order valence-corrected chi connectivity index (χ2v) is 4.65. The summed E-state index contributed by atoms with van der Waals surface area (Å²) in [6, 6.07) is 0.297. The third-order valence-corrected chi connectivity index (χ3v) is 2.99. The maximum atomic E-state index is 11.3. The van der Waals surface area contributed by atoms with Crippen molar-refractivity contribution in [2.24, 2.45) is 0 Å². The molecule has 0 bridgehead atoms. The summed E-state index contributed by atoms with van der Waals surface area (Å²) in [4.78, 5) is 11.3. The van der Waals surface area contributed by atoms with Crippen LogP contribution in [-0.4, -0.2) is 20.0 Å². The molecule has 0 saturated carbocycles. The van der Waals surface area contributed by atoms with Gasteiger partial charge in [-0.2, -0.15) is 10.2 Å².